The smallest absolute Gasteiger partial charge is 0.0716 e. The first-order valence-electron chi connectivity index (χ1n) is 18.5. The Morgan fingerprint density at radius 3 is 1.74 bits per heavy atom. The first kappa shape index (κ1) is 30.4. The second kappa shape index (κ2) is 12.2. The van der Waals surface area contributed by atoms with Crippen LogP contribution in [0.15, 0.2) is 200 Å². The van der Waals surface area contributed by atoms with Crippen LogP contribution in [0, 0.1) is 0 Å². The van der Waals surface area contributed by atoms with E-state index in [0.717, 1.165) is 39.5 Å². The third-order valence-corrected chi connectivity index (χ3v) is 10.9. The van der Waals surface area contributed by atoms with Crippen LogP contribution < -0.4 is 0 Å². The minimum Gasteiger partial charge on any atom is -0.309 e. The molecule has 0 atom stereocenters. The molecule has 3 heteroatoms. The highest BCUT2D eigenvalue weighted by atomic mass is 15.0. The van der Waals surface area contributed by atoms with Crippen molar-refractivity contribution < 1.29 is 0 Å². The number of aromatic nitrogens is 3. The van der Waals surface area contributed by atoms with Crippen molar-refractivity contribution in [2.45, 2.75) is 0 Å². The van der Waals surface area contributed by atoms with Gasteiger partial charge in [-0.3, -0.25) is 0 Å². The number of para-hydroxylation sites is 3. The van der Waals surface area contributed by atoms with Gasteiger partial charge in [0.25, 0.3) is 0 Å². The Hall–Kier alpha value is -7.23. The molecular formula is C51H33N3. The van der Waals surface area contributed by atoms with Crippen molar-refractivity contribution in [3.63, 3.8) is 0 Å². The number of nitrogens with zero attached hydrogens (tertiary/aromatic N) is 3. The van der Waals surface area contributed by atoms with E-state index in [0.29, 0.717) is 0 Å². The normalized spacial score (nSPS) is 11.7. The van der Waals surface area contributed by atoms with Crippen LogP contribution in [0.2, 0.25) is 0 Å². The second-order valence-electron chi connectivity index (χ2n) is 14.0. The summed E-state index contributed by atoms with van der Waals surface area (Å²) in [6.07, 6.45) is 0. The van der Waals surface area contributed by atoms with Crippen LogP contribution in [0.5, 0.6) is 0 Å². The van der Waals surface area contributed by atoms with E-state index < -0.39 is 0 Å². The van der Waals surface area contributed by atoms with Crippen LogP contribution in [-0.4, -0.2) is 14.1 Å². The second-order valence-corrected chi connectivity index (χ2v) is 14.0. The van der Waals surface area contributed by atoms with Crippen molar-refractivity contribution in [3.05, 3.63) is 200 Å². The maximum absolute atomic E-state index is 5.32. The zero-order valence-electron chi connectivity index (χ0n) is 29.4. The quantitative estimate of drug-likeness (QED) is 0.177. The molecule has 8 aromatic carbocycles. The Labute approximate surface area is 312 Å². The molecule has 0 fully saturated rings. The van der Waals surface area contributed by atoms with E-state index in [4.69, 9.17) is 4.98 Å². The summed E-state index contributed by atoms with van der Waals surface area (Å²) in [5.74, 6) is 0. The standard InChI is InChI=1S/C51H33N3/c1-3-16-35(17-4-1)45-32-37(41-26-14-18-34-15-7-8-23-40(34)41)33-46(52-45)36-19-13-22-39(31-36)53-48-28-12-10-25-44(48)50-49(53)30-29-43-42-24-9-11-27-47(42)54(51(43)50)38-20-5-2-6-21-38/h1-33H. The van der Waals surface area contributed by atoms with Gasteiger partial charge in [0.05, 0.1) is 33.5 Å². The SMILES string of the molecule is c1ccc(-c2cc(-c3cccc4ccccc34)cc(-c3cccc(-n4c5ccccc5c5c4ccc4c6ccccc6n(-c6ccccc6)c45)c3)n2)cc1. The number of rotatable bonds is 5. The van der Waals surface area contributed by atoms with Crippen LogP contribution in [0.25, 0.3) is 99.4 Å². The lowest BCUT2D eigenvalue weighted by Gasteiger charge is -2.14. The Balaban J connectivity index is 1.16. The van der Waals surface area contributed by atoms with Crippen LogP contribution in [0.3, 0.4) is 0 Å². The highest BCUT2D eigenvalue weighted by molar-refractivity contribution is 6.26. The summed E-state index contributed by atoms with van der Waals surface area (Å²) < 4.78 is 4.86. The predicted octanol–water partition coefficient (Wildman–Crippen LogP) is 13.4. The molecule has 0 aliphatic rings. The lowest BCUT2D eigenvalue weighted by molar-refractivity contribution is 1.17. The summed E-state index contributed by atoms with van der Waals surface area (Å²) >= 11 is 0. The maximum Gasteiger partial charge on any atom is 0.0716 e. The van der Waals surface area contributed by atoms with Crippen LogP contribution in [0.4, 0.5) is 0 Å². The molecule has 11 rings (SSSR count). The lowest BCUT2D eigenvalue weighted by atomic mass is 9.95. The van der Waals surface area contributed by atoms with Gasteiger partial charge < -0.3 is 9.13 Å². The van der Waals surface area contributed by atoms with Crippen molar-refractivity contribution in [3.8, 4) is 45.0 Å². The minimum absolute atomic E-state index is 0.938. The van der Waals surface area contributed by atoms with E-state index in [1.165, 1.54) is 59.9 Å². The molecule has 3 nitrogen and oxygen atoms in total. The Kier molecular flexibility index (Phi) is 6.86. The Bertz CT molecular complexity index is 3200. The van der Waals surface area contributed by atoms with Gasteiger partial charge in [-0.05, 0) is 76.5 Å². The summed E-state index contributed by atoms with van der Waals surface area (Å²) in [5.41, 5.74) is 13.4. The molecule has 0 radical (unpaired) electrons. The van der Waals surface area contributed by atoms with Crippen molar-refractivity contribution >= 4 is 54.4 Å². The average Bonchev–Trinajstić information content (AvgIpc) is 3.77. The molecule has 0 saturated heterocycles. The molecular weight excluding hydrogens is 655 g/mol. The molecule has 0 aliphatic carbocycles. The third-order valence-electron chi connectivity index (χ3n) is 10.9. The van der Waals surface area contributed by atoms with Gasteiger partial charge in [0, 0.05) is 44.0 Å². The van der Waals surface area contributed by atoms with Crippen LogP contribution >= 0.6 is 0 Å². The number of benzene rings is 8. The molecule has 0 N–H and O–H groups in total. The monoisotopic (exact) mass is 687 g/mol. The van der Waals surface area contributed by atoms with E-state index in [1.807, 2.05) is 0 Å². The van der Waals surface area contributed by atoms with Crippen LogP contribution in [-0.2, 0) is 0 Å². The summed E-state index contributed by atoms with van der Waals surface area (Å²) in [5, 5.41) is 7.43. The molecule has 0 saturated carbocycles. The molecule has 3 heterocycles. The molecule has 0 bridgehead atoms. The first-order valence-corrected chi connectivity index (χ1v) is 18.5. The van der Waals surface area contributed by atoms with Gasteiger partial charge in [-0.25, -0.2) is 4.98 Å². The van der Waals surface area contributed by atoms with Gasteiger partial charge in [-0.15, -0.1) is 0 Å². The first-order chi connectivity index (χ1) is 26.8. The van der Waals surface area contributed by atoms with Crippen molar-refractivity contribution in [1.29, 1.82) is 0 Å². The van der Waals surface area contributed by atoms with Crippen LogP contribution in [0.1, 0.15) is 0 Å². The fourth-order valence-corrected chi connectivity index (χ4v) is 8.50. The maximum atomic E-state index is 5.32. The number of fused-ring (bicyclic) bond motifs is 8. The summed E-state index contributed by atoms with van der Waals surface area (Å²) in [6, 6.07) is 72.0. The minimum atomic E-state index is 0.938. The van der Waals surface area contributed by atoms with E-state index in [9.17, 15) is 0 Å². The van der Waals surface area contributed by atoms with Gasteiger partial charge in [-0.1, -0.05) is 146 Å². The van der Waals surface area contributed by atoms with Gasteiger partial charge in [-0.2, -0.15) is 0 Å². The molecule has 0 amide bonds. The van der Waals surface area contributed by atoms with Gasteiger partial charge in [0.1, 0.15) is 0 Å². The zero-order valence-corrected chi connectivity index (χ0v) is 29.4. The zero-order chi connectivity index (χ0) is 35.6. The molecule has 0 aliphatic heterocycles. The summed E-state index contributed by atoms with van der Waals surface area (Å²) in [7, 11) is 0. The largest absolute Gasteiger partial charge is 0.309 e. The fraction of sp³-hybridized carbons (Fsp3) is 0. The van der Waals surface area contributed by atoms with Crippen molar-refractivity contribution in [1.82, 2.24) is 14.1 Å². The van der Waals surface area contributed by atoms with Crippen molar-refractivity contribution in [2.24, 2.45) is 0 Å². The van der Waals surface area contributed by atoms with E-state index in [1.54, 1.807) is 0 Å². The van der Waals surface area contributed by atoms with E-state index in [2.05, 4.69) is 209 Å². The highest BCUT2D eigenvalue weighted by Gasteiger charge is 2.21. The van der Waals surface area contributed by atoms with Gasteiger partial charge >= 0.3 is 0 Å². The Morgan fingerprint density at radius 2 is 0.926 bits per heavy atom. The molecule has 3 aromatic heterocycles. The molecule has 11 aromatic rings. The van der Waals surface area contributed by atoms with E-state index >= 15 is 0 Å². The van der Waals surface area contributed by atoms with Crippen molar-refractivity contribution in [2.75, 3.05) is 0 Å². The lowest BCUT2D eigenvalue weighted by Crippen LogP contribution is -1.96. The van der Waals surface area contributed by atoms with Gasteiger partial charge in [0.2, 0.25) is 0 Å². The van der Waals surface area contributed by atoms with Gasteiger partial charge in [0.15, 0.2) is 0 Å². The molecule has 0 spiro atoms. The topological polar surface area (TPSA) is 22.8 Å². The molecule has 0 unspecified atom stereocenters. The fourth-order valence-electron chi connectivity index (χ4n) is 8.50. The number of hydrogen-bond donors (Lipinski definition) is 0. The number of pyridine rings is 1. The average molecular weight is 688 g/mol. The summed E-state index contributed by atoms with van der Waals surface area (Å²) in [4.78, 5) is 5.32. The number of hydrogen-bond acceptors (Lipinski definition) is 1. The molecule has 54 heavy (non-hydrogen) atoms. The summed E-state index contributed by atoms with van der Waals surface area (Å²) in [6.45, 7) is 0. The third kappa shape index (κ3) is 4.72. The Morgan fingerprint density at radius 1 is 0.333 bits per heavy atom. The highest BCUT2D eigenvalue weighted by Crippen LogP contribution is 2.42. The predicted molar refractivity (Wildman–Crippen MR) is 227 cm³/mol. The molecule has 252 valence electrons. The van der Waals surface area contributed by atoms with E-state index in [-0.39, 0.29) is 0 Å².